The number of aliphatic hydroxyl groups is 4. The Bertz CT molecular complexity index is 719. The number of allylic oxidation sites excluding steroid dienone is 2. The molecule has 0 aromatic rings. The van der Waals surface area contributed by atoms with Crippen molar-refractivity contribution in [1.82, 2.24) is 0 Å². The summed E-state index contributed by atoms with van der Waals surface area (Å²) in [6, 6.07) is 0. The smallest absolute Gasteiger partial charge is 0.186 e. The van der Waals surface area contributed by atoms with Crippen molar-refractivity contribution >= 4 is 0 Å². The first-order valence-electron chi connectivity index (χ1n) is 12.4. The molecule has 4 nitrogen and oxygen atoms in total. The highest BCUT2D eigenvalue weighted by Gasteiger charge is 2.56. The topological polar surface area (TPSA) is 80.9 Å². The second-order valence-electron chi connectivity index (χ2n) is 11.3. The van der Waals surface area contributed by atoms with E-state index in [1.807, 2.05) is 12.2 Å². The molecular weight excluding hydrogens is 388 g/mol. The largest absolute Gasteiger partial charge is 0.393 e. The molecule has 0 spiro atoms. The Morgan fingerprint density at radius 3 is 2.45 bits per heavy atom. The minimum absolute atomic E-state index is 0.0825. The first kappa shape index (κ1) is 24.7. The summed E-state index contributed by atoms with van der Waals surface area (Å²) in [6.07, 6.45) is 10.3. The average molecular weight is 433 g/mol. The quantitative estimate of drug-likeness (QED) is 0.451. The second-order valence-corrected chi connectivity index (χ2v) is 11.3. The van der Waals surface area contributed by atoms with Gasteiger partial charge in [-0.1, -0.05) is 65.7 Å². The molecule has 0 heterocycles. The molecule has 0 saturated heterocycles. The third kappa shape index (κ3) is 5.19. The molecule has 0 amide bonds. The van der Waals surface area contributed by atoms with Crippen molar-refractivity contribution in [2.24, 2.45) is 29.1 Å². The summed E-state index contributed by atoms with van der Waals surface area (Å²) in [4.78, 5) is 0. The van der Waals surface area contributed by atoms with Crippen LogP contribution in [0.1, 0.15) is 85.5 Å². The first-order chi connectivity index (χ1) is 14.5. The third-order valence-corrected chi connectivity index (χ3v) is 8.62. The van der Waals surface area contributed by atoms with Gasteiger partial charge < -0.3 is 20.4 Å². The molecule has 3 rings (SSSR count). The van der Waals surface area contributed by atoms with Crippen molar-refractivity contribution in [2.45, 2.75) is 103 Å². The Morgan fingerprint density at radius 1 is 1.06 bits per heavy atom. The normalized spacial score (nSPS) is 39.3. The fourth-order valence-corrected chi connectivity index (χ4v) is 6.68. The summed E-state index contributed by atoms with van der Waals surface area (Å²) in [5, 5.41) is 41.9. The number of hydrogen-bond acceptors (Lipinski definition) is 4. The van der Waals surface area contributed by atoms with Crippen molar-refractivity contribution in [3.05, 3.63) is 35.5 Å². The van der Waals surface area contributed by atoms with E-state index in [4.69, 9.17) is 0 Å². The van der Waals surface area contributed by atoms with Gasteiger partial charge in [0.1, 0.15) is 0 Å². The van der Waals surface area contributed by atoms with E-state index in [1.54, 1.807) is 0 Å². The number of aliphatic hydroxyl groups excluding tert-OH is 2. The SMILES string of the molecule is C=C1/C(=C/C=C2\[C@H]3CC[C@H]([C@H](C)CCCC(C)C)[C@@]3(C)CCC2(O)O)C[C@H](O)CC1O. The number of hydrogen-bond donors (Lipinski definition) is 4. The Morgan fingerprint density at radius 2 is 1.77 bits per heavy atom. The minimum Gasteiger partial charge on any atom is -0.393 e. The van der Waals surface area contributed by atoms with Gasteiger partial charge in [0, 0.05) is 12.8 Å². The molecule has 6 atom stereocenters. The maximum absolute atomic E-state index is 10.9. The van der Waals surface area contributed by atoms with E-state index in [1.165, 1.54) is 19.3 Å². The van der Waals surface area contributed by atoms with E-state index in [0.717, 1.165) is 30.8 Å². The lowest BCUT2D eigenvalue weighted by atomic mass is 9.59. The Balaban J connectivity index is 1.82. The predicted octanol–water partition coefficient (Wildman–Crippen LogP) is 4.88. The fourth-order valence-electron chi connectivity index (χ4n) is 6.68. The molecule has 3 aliphatic rings. The van der Waals surface area contributed by atoms with Crippen molar-refractivity contribution in [3.8, 4) is 0 Å². The van der Waals surface area contributed by atoms with Crippen LogP contribution in [0.15, 0.2) is 35.5 Å². The molecule has 0 aromatic carbocycles. The molecule has 4 N–H and O–H groups in total. The highest BCUT2D eigenvalue weighted by molar-refractivity contribution is 5.39. The highest BCUT2D eigenvalue weighted by atomic mass is 16.5. The van der Waals surface area contributed by atoms with Crippen LogP contribution in [-0.2, 0) is 0 Å². The van der Waals surface area contributed by atoms with Gasteiger partial charge in [-0.15, -0.1) is 0 Å². The lowest BCUT2D eigenvalue weighted by Gasteiger charge is -2.48. The maximum atomic E-state index is 10.9. The van der Waals surface area contributed by atoms with Crippen LogP contribution < -0.4 is 0 Å². The minimum atomic E-state index is -1.79. The van der Waals surface area contributed by atoms with Crippen molar-refractivity contribution in [3.63, 3.8) is 0 Å². The monoisotopic (exact) mass is 432 g/mol. The van der Waals surface area contributed by atoms with Crippen LogP contribution in [-0.4, -0.2) is 38.4 Å². The molecule has 0 radical (unpaired) electrons. The molecule has 3 saturated carbocycles. The first-order valence-corrected chi connectivity index (χ1v) is 12.4. The molecule has 3 fully saturated rings. The Labute approximate surface area is 188 Å². The van der Waals surface area contributed by atoms with E-state index in [2.05, 4.69) is 34.3 Å². The van der Waals surface area contributed by atoms with Crippen LogP contribution >= 0.6 is 0 Å². The predicted molar refractivity (Wildman–Crippen MR) is 125 cm³/mol. The van der Waals surface area contributed by atoms with Gasteiger partial charge in [0.05, 0.1) is 12.2 Å². The summed E-state index contributed by atoms with van der Waals surface area (Å²) < 4.78 is 0. The molecule has 0 bridgehead atoms. The Hall–Kier alpha value is -0.940. The zero-order chi connectivity index (χ0) is 23.0. The standard InChI is InChI=1S/C27H44O4/c1-17(2)7-6-8-18(3)22-11-12-23-24(27(30,31)14-13-26(22,23)5)10-9-20-15-21(28)16-25(29)19(20)4/h9-10,17-18,21-23,25,28-31H,4,6-8,11-16H2,1-3,5H3/b20-9+,24-10+/t18-,21+,22-,23-,25?,26-/m1/s1. The highest BCUT2D eigenvalue weighted by Crippen LogP contribution is 2.61. The van der Waals surface area contributed by atoms with E-state index < -0.39 is 18.0 Å². The number of fused-ring (bicyclic) bond motifs is 1. The van der Waals surface area contributed by atoms with Crippen molar-refractivity contribution in [2.75, 3.05) is 0 Å². The van der Waals surface area contributed by atoms with Crippen molar-refractivity contribution in [1.29, 1.82) is 0 Å². The van der Waals surface area contributed by atoms with E-state index in [-0.39, 0.29) is 11.3 Å². The van der Waals surface area contributed by atoms with E-state index in [0.29, 0.717) is 42.2 Å². The summed E-state index contributed by atoms with van der Waals surface area (Å²) in [5.74, 6) is 0.348. The van der Waals surface area contributed by atoms with Gasteiger partial charge in [-0.3, -0.25) is 0 Å². The summed E-state index contributed by atoms with van der Waals surface area (Å²) >= 11 is 0. The van der Waals surface area contributed by atoms with Gasteiger partial charge in [0.25, 0.3) is 0 Å². The zero-order valence-electron chi connectivity index (χ0n) is 20.0. The van der Waals surface area contributed by atoms with Gasteiger partial charge in [-0.25, -0.2) is 0 Å². The van der Waals surface area contributed by atoms with Crippen LogP contribution in [0.3, 0.4) is 0 Å². The zero-order valence-corrected chi connectivity index (χ0v) is 20.0. The van der Waals surface area contributed by atoms with Gasteiger partial charge in [0.15, 0.2) is 5.79 Å². The molecular formula is C27H44O4. The van der Waals surface area contributed by atoms with Crippen LogP contribution in [0, 0.1) is 29.1 Å². The van der Waals surface area contributed by atoms with Gasteiger partial charge in [0.2, 0.25) is 0 Å². The summed E-state index contributed by atoms with van der Waals surface area (Å²) in [5.41, 5.74) is 2.22. The fraction of sp³-hybridized carbons (Fsp3) is 0.778. The molecule has 31 heavy (non-hydrogen) atoms. The maximum Gasteiger partial charge on any atom is 0.186 e. The molecule has 0 aromatic heterocycles. The van der Waals surface area contributed by atoms with Gasteiger partial charge in [-0.05, 0) is 71.5 Å². The lowest BCUT2D eigenvalue weighted by molar-refractivity contribution is -0.167. The van der Waals surface area contributed by atoms with E-state index >= 15 is 0 Å². The third-order valence-electron chi connectivity index (χ3n) is 8.62. The summed E-state index contributed by atoms with van der Waals surface area (Å²) in [7, 11) is 0. The van der Waals surface area contributed by atoms with Crippen LogP contribution in [0.4, 0.5) is 0 Å². The van der Waals surface area contributed by atoms with E-state index in [9.17, 15) is 20.4 Å². The number of rotatable bonds is 6. The average Bonchev–Trinajstić information content (AvgIpc) is 3.01. The van der Waals surface area contributed by atoms with Gasteiger partial charge >= 0.3 is 0 Å². The van der Waals surface area contributed by atoms with Crippen LogP contribution in [0.2, 0.25) is 0 Å². The molecule has 176 valence electrons. The molecule has 0 aliphatic heterocycles. The molecule has 1 unspecified atom stereocenters. The molecule has 4 heteroatoms. The van der Waals surface area contributed by atoms with Crippen molar-refractivity contribution < 1.29 is 20.4 Å². The van der Waals surface area contributed by atoms with Crippen LogP contribution in [0.5, 0.6) is 0 Å². The summed E-state index contributed by atoms with van der Waals surface area (Å²) in [6.45, 7) is 13.3. The van der Waals surface area contributed by atoms with Gasteiger partial charge in [-0.2, -0.15) is 0 Å². The van der Waals surface area contributed by atoms with Crippen LogP contribution in [0.25, 0.3) is 0 Å². The lowest BCUT2D eigenvalue weighted by Crippen LogP contribution is -2.47. The second kappa shape index (κ2) is 9.51. The molecule has 3 aliphatic carbocycles. The Kier molecular flexibility index (Phi) is 7.57.